The van der Waals surface area contributed by atoms with Crippen LogP contribution in [0, 0.1) is 17.2 Å². The number of rotatable bonds is 5. The monoisotopic (exact) mass is 222 g/mol. The Kier molecular flexibility index (Phi) is 4.20. The first kappa shape index (κ1) is 11.9. The lowest BCUT2D eigenvalue weighted by Crippen LogP contribution is -2.37. The van der Waals surface area contributed by atoms with Crippen LogP contribution in [-0.2, 0) is 4.74 Å². The van der Waals surface area contributed by atoms with Crippen LogP contribution in [0.25, 0.3) is 0 Å². The SMILES string of the molecule is CC1CCCCC1OCC(C#N)NC1CC1. The van der Waals surface area contributed by atoms with Crippen molar-refractivity contribution < 1.29 is 4.74 Å². The molecule has 3 unspecified atom stereocenters. The van der Waals surface area contributed by atoms with Crippen LogP contribution in [0.5, 0.6) is 0 Å². The van der Waals surface area contributed by atoms with Crippen LogP contribution in [0.1, 0.15) is 45.4 Å². The molecule has 2 aliphatic rings. The lowest BCUT2D eigenvalue weighted by atomic mass is 9.88. The number of hydrogen-bond donors (Lipinski definition) is 1. The Bertz CT molecular complexity index is 257. The summed E-state index contributed by atoms with van der Waals surface area (Å²) < 4.78 is 5.89. The molecule has 3 nitrogen and oxygen atoms in total. The molecule has 16 heavy (non-hydrogen) atoms. The minimum atomic E-state index is -0.110. The highest BCUT2D eigenvalue weighted by molar-refractivity contribution is 4.96. The molecule has 0 aromatic heterocycles. The summed E-state index contributed by atoms with van der Waals surface area (Å²) in [5.41, 5.74) is 0. The summed E-state index contributed by atoms with van der Waals surface area (Å²) in [6.45, 7) is 2.82. The third-order valence-corrected chi connectivity index (χ3v) is 3.68. The molecule has 0 amide bonds. The standard InChI is InChI=1S/C13H22N2O/c1-10-4-2-3-5-13(10)16-9-12(8-14)15-11-6-7-11/h10-13,15H,2-7,9H2,1H3. The average Bonchev–Trinajstić information content (AvgIpc) is 3.10. The minimum absolute atomic E-state index is 0.110. The second-order valence-electron chi connectivity index (χ2n) is 5.26. The van der Waals surface area contributed by atoms with Gasteiger partial charge in [-0.25, -0.2) is 0 Å². The molecule has 1 N–H and O–H groups in total. The maximum atomic E-state index is 9.01. The maximum Gasteiger partial charge on any atom is 0.119 e. The molecule has 0 aromatic rings. The Morgan fingerprint density at radius 2 is 2.06 bits per heavy atom. The zero-order valence-electron chi connectivity index (χ0n) is 10.1. The molecular formula is C13H22N2O. The van der Waals surface area contributed by atoms with E-state index in [1.165, 1.54) is 38.5 Å². The number of ether oxygens (including phenoxy) is 1. The maximum absolute atomic E-state index is 9.01. The van der Waals surface area contributed by atoms with Gasteiger partial charge in [-0.15, -0.1) is 0 Å². The van der Waals surface area contributed by atoms with Crippen LogP contribution in [-0.4, -0.2) is 24.8 Å². The molecule has 2 saturated carbocycles. The van der Waals surface area contributed by atoms with Gasteiger partial charge in [-0.05, 0) is 31.6 Å². The molecule has 3 heteroatoms. The Balaban J connectivity index is 1.69. The van der Waals surface area contributed by atoms with Crippen LogP contribution in [0.15, 0.2) is 0 Å². The Morgan fingerprint density at radius 3 is 2.69 bits per heavy atom. The molecule has 2 aliphatic carbocycles. The van der Waals surface area contributed by atoms with Crippen molar-refractivity contribution in [2.24, 2.45) is 5.92 Å². The number of nitrogens with zero attached hydrogens (tertiary/aromatic N) is 1. The van der Waals surface area contributed by atoms with Gasteiger partial charge in [-0.3, -0.25) is 5.32 Å². The van der Waals surface area contributed by atoms with Gasteiger partial charge in [-0.2, -0.15) is 5.26 Å². The Hall–Kier alpha value is -0.590. The molecule has 0 heterocycles. The van der Waals surface area contributed by atoms with Crippen molar-refractivity contribution in [2.45, 2.75) is 63.6 Å². The van der Waals surface area contributed by atoms with Crippen LogP contribution < -0.4 is 5.32 Å². The summed E-state index contributed by atoms with van der Waals surface area (Å²) in [6.07, 6.45) is 7.88. The van der Waals surface area contributed by atoms with Crippen molar-refractivity contribution in [2.75, 3.05) is 6.61 Å². The number of nitriles is 1. The molecule has 0 saturated heterocycles. The first-order valence-corrected chi connectivity index (χ1v) is 6.57. The summed E-state index contributed by atoms with van der Waals surface area (Å²) in [4.78, 5) is 0. The molecule has 0 bridgehead atoms. The largest absolute Gasteiger partial charge is 0.375 e. The normalized spacial score (nSPS) is 32.0. The van der Waals surface area contributed by atoms with E-state index in [-0.39, 0.29) is 6.04 Å². The smallest absolute Gasteiger partial charge is 0.119 e. The van der Waals surface area contributed by atoms with Gasteiger partial charge >= 0.3 is 0 Å². The Morgan fingerprint density at radius 1 is 1.31 bits per heavy atom. The number of nitrogens with one attached hydrogen (secondary N) is 1. The second kappa shape index (κ2) is 5.65. The van der Waals surface area contributed by atoms with E-state index in [9.17, 15) is 0 Å². The van der Waals surface area contributed by atoms with E-state index in [1.807, 2.05) is 0 Å². The van der Waals surface area contributed by atoms with E-state index in [1.54, 1.807) is 0 Å². The van der Waals surface area contributed by atoms with E-state index in [0.29, 0.717) is 24.7 Å². The fourth-order valence-electron chi connectivity index (χ4n) is 2.41. The van der Waals surface area contributed by atoms with Crippen molar-refractivity contribution in [3.05, 3.63) is 0 Å². The molecule has 0 radical (unpaired) electrons. The molecule has 3 atom stereocenters. The minimum Gasteiger partial charge on any atom is -0.375 e. The lowest BCUT2D eigenvalue weighted by Gasteiger charge is -2.29. The van der Waals surface area contributed by atoms with E-state index < -0.39 is 0 Å². The molecule has 0 aliphatic heterocycles. The van der Waals surface area contributed by atoms with Gasteiger partial charge in [0.2, 0.25) is 0 Å². The highest BCUT2D eigenvalue weighted by Crippen LogP contribution is 2.26. The van der Waals surface area contributed by atoms with E-state index >= 15 is 0 Å². The third kappa shape index (κ3) is 3.47. The van der Waals surface area contributed by atoms with E-state index in [2.05, 4.69) is 18.3 Å². The predicted molar refractivity (Wildman–Crippen MR) is 62.9 cm³/mol. The van der Waals surface area contributed by atoms with E-state index in [0.717, 1.165) is 0 Å². The van der Waals surface area contributed by atoms with Gasteiger partial charge in [-0.1, -0.05) is 19.8 Å². The fourth-order valence-corrected chi connectivity index (χ4v) is 2.41. The van der Waals surface area contributed by atoms with Gasteiger partial charge in [0.05, 0.1) is 18.8 Å². The van der Waals surface area contributed by atoms with Crippen molar-refractivity contribution in [1.29, 1.82) is 5.26 Å². The van der Waals surface area contributed by atoms with Crippen LogP contribution in [0.3, 0.4) is 0 Å². The van der Waals surface area contributed by atoms with Gasteiger partial charge < -0.3 is 4.74 Å². The van der Waals surface area contributed by atoms with Gasteiger partial charge in [0, 0.05) is 6.04 Å². The zero-order chi connectivity index (χ0) is 11.4. The predicted octanol–water partition coefficient (Wildman–Crippen LogP) is 2.23. The van der Waals surface area contributed by atoms with Crippen molar-refractivity contribution in [3.63, 3.8) is 0 Å². The van der Waals surface area contributed by atoms with Crippen molar-refractivity contribution in [1.82, 2.24) is 5.32 Å². The Labute approximate surface area is 98.2 Å². The summed E-state index contributed by atoms with van der Waals surface area (Å²) in [7, 11) is 0. The highest BCUT2D eigenvalue weighted by atomic mass is 16.5. The fraction of sp³-hybridized carbons (Fsp3) is 0.923. The summed E-state index contributed by atoms with van der Waals surface area (Å²) in [6, 6.07) is 2.76. The van der Waals surface area contributed by atoms with Gasteiger partial charge in [0.15, 0.2) is 0 Å². The van der Waals surface area contributed by atoms with E-state index in [4.69, 9.17) is 10.00 Å². The first-order chi connectivity index (χ1) is 7.79. The van der Waals surface area contributed by atoms with Crippen LogP contribution in [0.2, 0.25) is 0 Å². The molecule has 2 fully saturated rings. The molecule has 90 valence electrons. The van der Waals surface area contributed by atoms with Crippen molar-refractivity contribution >= 4 is 0 Å². The first-order valence-electron chi connectivity index (χ1n) is 6.57. The second-order valence-corrected chi connectivity index (χ2v) is 5.26. The number of hydrogen-bond acceptors (Lipinski definition) is 3. The molecule has 2 rings (SSSR count). The van der Waals surface area contributed by atoms with Crippen LogP contribution >= 0.6 is 0 Å². The third-order valence-electron chi connectivity index (χ3n) is 3.68. The lowest BCUT2D eigenvalue weighted by molar-refractivity contribution is -0.00961. The summed E-state index contributed by atoms with van der Waals surface area (Å²) in [5.74, 6) is 0.661. The summed E-state index contributed by atoms with van der Waals surface area (Å²) >= 11 is 0. The topological polar surface area (TPSA) is 45.0 Å². The summed E-state index contributed by atoms with van der Waals surface area (Å²) in [5, 5.41) is 12.3. The van der Waals surface area contributed by atoms with Gasteiger partial charge in [0.25, 0.3) is 0 Å². The van der Waals surface area contributed by atoms with Crippen LogP contribution in [0.4, 0.5) is 0 Å². The quantitative estimate of drug-likeness (QED) is 0.775. The molecule has 0 aromatic carbocycles. The zero-order valence-corrected chi connectivity index (χ0v) is 10.1. The van der Waals surface area contributed by atoms with Gasteiger partial charge in [0.1, 0.15) is 6.04 Å². The van der Waals surface area contributed by atoms with Crippen molar-refractivity contribution in [3.8, 4) is 6.07 Å². The average molecular weight is 222 g/mol. The highest BCUT2D eigenvalue weighted by Gasteiger charge is 2.26. The molecular weight excluding hydrogens is 200 g/mol. The molecule has 0 spiro atoms.